The SMILES string of the molecule is Oc1cccc(C(F)(F)F)c1.c1cncnc1. The highest BCUT2D eigenvalue weighted by atomic mass is 19.4. The summed E-state index contributed by atoms with van der Waals surface area (Å²) in [6.45, 7) is 0. The number of phenolic OH excluding ortho intramolecular Hbond substituents is 1. The van der Waals surface area contributed by atoms with Crippen LogP contribution in [0.2, 0.25) is 0 Å². The van der Waals surface area contributed by atoms with Crippen LogP contribution in [-0.2, 0) is 6.18 Å². The molecule has 1 aromatic heterocycles. The Hall–Kier alpha value is -2.11. The molecule has 3 nitrogen and oxygen atoms in total. The van der Waals surface area contributed by atoms with Crippen LogP contribution in [0.1, 0.15) is 5.56 Å². The van der Waals surface area contributed by atoms with Crippen LogP contribution >= 0.6 is 0 Å². The van der Waals surface area contributed by atoms with Gasteiger partial charge < -0.3 is 5.11 Å². The number of phenols is 1. The molecule has 0 bridgehead atoms. The summed E-state index contributed by atoms with van der Waals surface area (Å²) in [5.74, 6) is -0.375. The van der Waals surface area contributed by atoms with Crippen molar-refractivity contribution >= 4 is 0 Å². The van der Waals surface area contributed by atoms with Crippen molar-refractivity contribution in [3.63, 3.8) is 0 Å². The Bertz CT molecular complexity index is 419. The number of alkyl halides is 3. The summed E-state index contributed by atoms with van der Waals surface area (Å²) in [5, 5.41) is 8.68. The lowest BCUT2D eigenvalue weighted by atomic mass is 10.2. The summed E-state index contributed by atoms with van der Waals surface area (Å²) in [6, 6.07) is 5.70. The Labute approximate surface area is 95.6 Å². The monoisotopic (exact) mass is 242 g/mol. The molecule has 0 radical (unpaired) electrons. The van der Waals surface area contributed by atoms with Crippen LogP contribution in [0.25, 0.3) is 0 Å². The highest BCUT2D eigenvalue weighted by Gasteiger charge is 2.30. The van der Waals surface area contributed by atoms with Crippen LogP contribution in [0, 0.1) is 0 Å². The molecule has 1 N–H and O–H groups in total. The van der Waals surface area contributed by atoms with Crippen molar-refractivity contribution < 1.29 is 18.3 Å². The molecule has 0 spiro atoms. The van der Waals surface area contributed by atoms with Gasteiger partial charge in [0, 0.05) is 12.4 Å². The van der Waals surface area contributed by atoms with E-state index in [1.54, 1.807) is 18.5 Å². The third-order valence-electron chi connectivity index (χ3n) is 1.65. The van der Waals surface area contributed by atoms with Crippen molar-refractivity contribution in [1.29, 1.82) is 0 Å². The molecular formula is C11H9F3N2O. The predicted octanol–water partition coefficient (Wildman–Crippen LogP) is 2.89. The van der Waals surface area contributed by atoms with E-state index in [1.807, 2.05) is 0 Å². The number of nitrogens with zero attached hydrogens (tertiary/aromatic N) is 2. The van der Waals surface area contributed by atoms with Gasteiger partial charge in [-0.15, -0.1) is 0 Å². The van der Waals surface area contributed by atoms with E-state index in [0.717, 1.165) is 12.1 Å². The Morgan fingerprint density at radius 3 is 1.94 bits per heavy atom. The van der Waals surface area contributed by atoms with Gasteiger partial charge in [0.2, 0.25) is 0 Å². The van der Waals surface area contributed by atoms with Crippen molar-refractivity contribution in [2.24, 2.45) is 0 Å². The zero-order valence-corrected chi connectivity index (χ0v) is 8.59. The van der Waals surface area contributed by atoms with Crippen LogP contribution in [0.3, 0.4) is 0 Å². The highest BCUT2D eigenvalue weighted by Crippen LogP contribution is 2.30. The first-order valence-electron chi connectivity index (χ1n) is 4.56. The Morgan fingerprint density at radius 1 is 1.00 bits per heavy atom. The molecular weight excluding hydrogens is 233 g/mol. The maximum atomic E-state index is 11.9. The van der Waals surface area contributed by atoms with Gasteiger partial charge in [-0.1, -0.05) is 6.07 Å². The fourth-order valence-electron chi connectivity index (χ4n) is 0.936. The summed E-state index contributed by atoms with van der Waals surface area (Å²) in [4.78, 5) is 7.35. The molecule has 0 saturated carbocycles. The van der Waals surface area contributed by atoms with Gasteiger partial charge >= 0.3 is 6.18 Å². The quantitative estimate of drug-likeness (QED) is 0.772. The maximum Gasteiger partial charge on any atom is 0.416 e. The minimum Gasteiger partial charge on any atom is -0.508 e. The number of hydrogen-bond acceptors (Lipinski definition) is 3. The third-order valence-corrected chi connectivity index (χ3v) is 1.65. The first-order valence-corrected chi connectivity index (χ1v) is 4.56. The largest absolute Gasteiger partial charge is 0.508 e. The summed E-state index contributed by atoms with van der Waals surface area (Å²) < 4.78 is 35.6. The van der Waals surface area contributed by atoms with Crippen LogP contribution in [0.5, 0.6) is 5.75 Å². The van der Waals surface area contributed by atoms with E-state index < -0.39 is 11.7 Å². The zero-order valence-electron chi connectivity index (χ0n) is 8.59. The average Bonchev–Trinajstić information content (AvgIpc) is 2.31. The lowest BCUT2D eigenvalue weighted by Crippen LogP contribution is -2.03. The molecule has 2 aromatic rings. The first kappa shape index (κ1) is 13.0. The van der Waals surface area contributed by atoms with Crippen molar-refractivity contribution in [3.8, 4) is 5.75 Å². The van der Waals surface area contributed by atoms with Gasteiger partial charge in [-0.05, 0) is 24.3 Å². The minimum absolute atomic E-state index is 0.375. The normalized spacial score (nSPS) is 10.3. The molecule has 0 atom stereocenters. The van der Waals surface area contributed by atoms with Gasteiger partial charge in [-0.2, -0.15) is 13.2 Å². The summed E-state index contributed by atoms with van der Waals surface area (Å²) in [5.41, 5.74) is -0.836. The second kappa shape index (κ2) is 5.83. The van der Waals surface area contributed by atoms with Crippen molar-refractivity contribution in [3.05, 3.63) is 54.6 Å². The Kier molecular flexibility index (Phi) is 4.45. The summed E-state index contributed by atoms with van der Waals surface area (Å²) in [7, 11) is 0. The van der Waals surface area contributed by atoms with Crippen LogP contribution in [-0.4, -0.2) is 15.1 Å². The molecule has 90 valence electrons. The van der Waals surface area contributed by atoms with Gasteiger partial charge in [0.05, 0.1) is 5.56 Å². The van der Waals surface area contributed by atoms with Gasteiger partial charge in [0.15, 0.2) is 0 Å². The first-order chi connectivity index (χ1) is 8.00. The highest BCUT2D eigenvalue weighted by molar-refractivity contribution is 5.28. The van der Waals surface area contributed by atoms with Crippen molar-refractivity contribution in [2.45, 2.75) is 6.18 Å². The van der Waals surface area contributed by atoms with Crippen molar-refractivity contribution in [2.75, 3.05) is 0 Å². The predicted molar refractivity (Wildman–Crippen MR) is 55.1 cm³/mol. The number of aromatic nitrogens is 2. The van der Waals surface area contributed by atoms with Gasteiger partial charge in [-0.3, -0.25) is 0 Å². The summed E-state index contributed by atoms with van der Waals surface area (Å²) in [6.07, 6.45) is 0.499. The molecule has 0 amide bonds. The lowest BCUT2D eigenvalue weighted by molar-refractivity contribution is -0.137. The average molecular weight is 242 g/mol. The van der Waals surface area contributed by atoms with E-state index in [4.69, 9.17) is 5.11 Å². The molecule has 0 saturated heterocycles. The van der Waals surface area contributed by atoms with Gasteiger partial charge in [-0.25, -0.2) is 9.97 Å². The third kappa shape index (κ3) is 4.96. The summed E-state index contributed by atoms with van der Waals surface area (Å²) >= 11 is 0. The van der Waals surface area contributed by atoms with Crippen LogP contribution in [0.4, 0.5) is 13.2 Å². The molecule has 0 aliphatic carbocycles. The van der Waals surface area contributed by atoms with E-state index in [0.29, 0.717) is 6.07 Å². The van der Waals surface area contributed by atoms with Crippen LogP contribution < -0.4 is 0 Å². The second-order valence-corrected chi connectivity index (χ2v) is 2.95. The molecule has 0 aliphatic rings. The number of hydrogen-bond donors (Lipinski definition) is 1. The zero-order chi connectivity index (χ0) is 12.7. The molecule has 2 rings (SSSR count). The molecule has 1 aromatic carbocycles. The number of aromatic hydroxyl groups is 1. The lowest BCUT2D eigenvalue weighted by Gasteiger charge is -2.05. The van der Waals surface area contributed by atoms with E-state index in [9.17, 15) is 13.2 Å². The van der Waals surface area contributed by atoms with Crippen LogP contribution in [0.15, 0.2) is 49.1 Å². The van der Waals surface area contributed by atoms with Gasteiger partial charge in [0.1, 0.15) is 12.1 Å². The van der Waals surface area contributed by atoms with E-state index in [-0.39, 0.29) is 5.75 Å². The molecule has 0 unspecified atom stereocenters. The molecule has 0 aliphatic heterocycles. The fourth-order valence-corrected chi connectivity index (χ4v) is 0.936. The topological polar surface area (TPSA) is 46.0 Å². The standard InChI is InChI=1S/C7H5F3O.C4H4N2/c8-7(9,10)5-2-1-3-6(11)4-5;1-2-5-4-6-3-1/h1-4,11H;1-4H. The fraction of sp³-hybridized carbons (Fsp3) is 0.0909. The second-order valence-electron chi connectivity index (χ2n) is 2.95. The van der Waals surface area contributed by atoms with E-state index in [1.165, 1.54) is 12.4 Å². The van der Waals surface area contributed by atoms with E-state index in [2.05, 4.69) is 9.97 Å². The minimum atomic E-state index is -4.38. The molecule has 1 heterocycles. The molecule has 0 fully saturated rings. The molecule has 17 heavy (non-hydrogen) atoms. The van der Waals surface area contributed by atoms with E-state index >= 15 is 0 Å². The maximum absolute atomic E-state index is 11.9. The number of halogens is 3. The van der Waals surface area contributed by atoms with Gasteiger partial charge in [0.25, 0.3) is 0 Å². The smallest absolute Gasteiger partial charge is 0.416 e. The number of rotatable bonds is 0. The Morgan fingerprint density at radius 2 is 1.65 bits per heavy atom. The molecule has 6 heteroatoms. The number of benzene rings is 1. The Balaban J connectivity index is 0.000000202. The van der Waals surface area contributed by atoms with Crippen molar-refractivity contribution in [1.82, 2.24) is 9.97 Å².